The molecule has 0 saturated heterocycles. The van der Waals surface area contributed by atoms with Crippen molar-refractivity contribution in [3.63, 3.8) is 0 Å². The molecule has 0 aliphatic carbocycles. The predicted octanol–water partition coefficient (Wildman–Crippen LogP) is 2.40. The Kier molecular flexibility index (Phi) is 3.41. The average molecular weight is 238 g/mol. The minimum absolute atomic E-state index is 0.332. The van der Waals surface area contributed by atoms with Gasteiger partial charge < -0.3 is 4.74 Å². The fourth-order valence-corrected chi connectivity index (χ4v) is 1.64. The van der Waals surface area contributed by atoms with Crippen LogP contribution in [0.4, 0.5) is 0 Å². The van der Waals surface area contributed by atoms with Crippen LogP contribution in [0.5, 0.6) is 5.75 Å². The lowest BCUT2D eigenvalue weighted by Gasteiger charge is -2.07. The van der Waals surface area contributed by atoms with Gasteiger partial charge in [0.2, 0.25) is 0 Å². The van der Waals surface area contributed by atoms with E-state index in [0.29, 0.717) is 12.5 Å². The number of nitrogens with zero attached hydrogens (tertiary/aromatic N) is 3. The number of rotatable bonds is 4. The second-order valence-corrected chi connectivity index (χ2v) is 3.45. The third-order valence-electron chi connectivity index (χ3n) is 2.14. The molecule has 2 rings (SSSR count). The highest BCUT2D eigenvalue weighted by Gasteiger charge is 2.05. The van der Waals surface area contributed by atoms with Gasteiger partial charge in [-0.05, 0) is 19.1 Å². The lowest BCUT2D eigenvalue weighted by molar-refractivity contribution is 0.340. The summed E-state index contributed by atoms with van der Waals surface area (Å²) in [6.07, 6.45) is 1.64. The number of aromatic nitrogens is 3. The van der Waals surface area contributed by atoms with Crippen LogP contribution < -0.4 is 4.74 Å². The molecule has 0 aliphatic rings. The van der Waals surface area contributed by atoms with E-state index in [1.807, 2.05) is 35.8 Å². The second kappa shape index (κ2) is 4.99. The maximum absolute atomic E-state index is 5.77. The number of benzene rings is 1. The van der Waals surface area contributed by atoms with E-state index >= 15 is 0 Å². The quantitative estimate of drug-likeness (QED) is 0.767. The summed E-state index contributed by atoms with van der Waals surface area (Å²) in [6.45, 7) is 2.60. The zero-order chi connectivity index (χ0) is 11.4. The standard InChI is InChI=1S/C11H12ClN3O/c1-2-16-10-5-3-4-9(6-10)15-8-13-14-11(15)7-12/h3-6,8H,2,7H2,1H3. The largest absolute Gasteiger partial charge is 0.494 e. The molecule has 5 heteroatoms. The molecule has 0 fully saturated rings. The Hall–Kier alpha value is -1.55. The molecule has 1 heterocycles. The van der Waals surface area contributed by atoms with Gasteiger partial charge in [-0.3, -0.25) is 4.57 Å². The normalized spacial score (nSPS) is 10.4. The number of hydrogen-bond donors (Lipinski definition) is 0. The van der Waals surface area contributed by atoms with E-state index < -0.39 is 0 Å². The molecule has 0 bridgehead atoms. The smallest absolute Gasteiger partial charge is 0.152 e. The van der Waals surface area contributed by atoms with Crippen LogP contribution in [0.1, 0.15) is 12.7 Å². The topological polar surface area (TPSA) is 39.9 Å². The summed E-state index contributed by atoms with van der Waals surface area (Å²) in [5.41, 5.74) is 0.951. The van der Waals surface area contributed by atoms with Crippen LogP contribution in [-0.4, -0.2) is 21.4 Å². The molecule has 0 aliphatic heterocycles. The van der Waals surface area contributed by atoms with Gasteiger partial charge in [-0.2, -0.15) is 0 Å². The molecule has 16 heavy (non-hydrogen) atoms. The monoisotopic (exact) mass is 237 g/mol. The molecule has 0 atom stereocenters. The van der Waals surface area contributed by atoms with Crippen molar-refractivity contribution in [1.82, 2.24) is 14.8 Å². The Morgan fingerprint density at radius 3 is 3.06 bits per heavy atom. The summed E-state index contributed by atoms with van der Waals surface area (Å²) in [7, 11) is 0. The summed E-state index contributed by atoms with van der Waals surface area (Å²) in [5, 5.41) is 7.76. The van der Waals surface area contributed by atoms with E-state index in [-0.39, 0.29) is 0 Å². The van der Waals surface area contributed by atoms with Crippen molar-refractivity contribution in [2.24, 2.45) is 0 Å². The highest BCUT2D eigenvalue weighted by Crippen LogP contribution is 2.18. The van der Waals surface area contributed by atoms with Gasteiger partial charge in [0.1, 0.15) is 12.1 Å². The SMILES string of the molecule is CCOc1cccc(-n2cnnc2CCl)c1. The van der Waals surface area contributed by atoms with Crippen molar-refractivity contribution in [1.29, 1.82) is 0 Å². The molecule has 1 aromatic carbocycles. The summed E-state index contributed by atoms with van der Waals surface area (Å²) in [5.74, 6) is 1.88. The molecule has 0 radical (unpaired) electrons. The molecule has 0 unspecified atom stereocenters. The zero-order valence-electron chi connectivity index (χ0n) is 8.93. The Morgan fingerprint density at radius 2 is 2.31 bits per heavy atom. The Labute approximate surface area is 98.8 Å². The van der Waals surface area contributed by atoms with Gasteiger partial charge in [0.15, 0.2) is 5.82 Å². The average Bonchev–Trinajstić information content (AvgIpc) is 2.78. The highest BCUT2D eigenvalue weighted by molar-refractivity contribution is 6.16. The summed E-state index contributed by atoms with van der Waals surface area (Å²) >= 11 is 5.77. The van der Waals surface area contributed by atoms with Gasteiger partial charge in [-0.25, -0.2) is 0 Å². The van der Waals surface area contributed by atoms with Crippen molar-refractivity contribution in [2.75, 3.05) is 6.61 Å². The summed E-state index contributed by atoms with van der Waals surface area (Å²) in [6, 6.07) is 7.74. The first-order chi connectivity index (χ1) is 7.85. The predicted molar refractivity (Wildman–Crippen MR) is 62.1 cm³/mol. The van der Waals surface area contributed by atoms with Crippen molar-refractivity contribution in [3.8, 4) is 11.4 Å². The third-order valence-corrected chi connectivity index (χ3v) is 2.38. The van der Waals surface area contributed by atoms with E-state index in [4.69, 9.17) is 16.3 Å². The lowest BCUT2D eigenvalue weighted by atomic mass is 10.3. The van der Waals surface area contributed by atoms with E-state index in [9.17, 15) is 0 Å². The van der Waals surface area contributed by atoms with Crippen molar-refractivity contribution >= 4 is 11.6 Å². The maximum atomic E-state index is 5.77. The zero-order valence-corrected chi connectivity index (χ0v) is 9.68. The lowest BCUT2D eigenvalue weighted by Crippen LogP contribution is -1.99. The molecule has 2 aromatic rings. The molecule has 0 spiro atoms. The van der Waals surface area contributed by atoms with Crippen molar-refractivity contribution in [2.45, 2.75) is 12.8 Å². The number of halogens is 1. The highest BCUT2D eigenvalue weighted by atomic mass is 35.5. The first kappa shape index (κ1) is 11.0. The van der Waals surface area contributed by atoms with Crippen LogP contribution in [0.25, 0.3) is 5.69 Å². The minimum Gasteiger partial charge on any atom is -0.494 e. The molecule has 0 N–H and O–H groups in total. The van der Waals surface area contributed by atoms with Crippen LogP contribution in [0.3, 0.4) is 0 Å². The molecule has 1 aromatic heterocycles. The minimum atomic E-state index is 0.332. The third kappa shape index (κ3) is 2.17. The van der Waals surface area contributed by atoms with Crippen LogP contribution in [0.2, 0.25) is 0 Å². The number of ether oxygens (including phenoxy) is 1. The van der Waals surface area contributed by atoms with E-state index in [1.54, 1.807) is 6.33 Å². The van der Waals surface area contributed by atoms with Gasteiger partial charge in [-0.15, -0.1) is 21.8 Å². The van der Waals surface area contributed by atoms with Crippen LogP contribution >= 0.6 is 11.6 Å². The Balaban J connectivity index is 2.36. The Morgan fingerprint density at radius 1 is 1.44 bits per heavy atom. The molecule has 4 nitrogen and oxygen atoms in total. The molecular formula is C11H12ClN3O. The first-order valence-corrected chi connectivity index (χ1v) is 5.56. The fraction of sp³-hybridized carbons (Fsp3) is 0.273. The maximum Gasteiger partial charge on any atom is 0.152 e. The van der Waals surface area contributed by atoms with Crippen molar-refractivity contribution < 1.29 is 4.74 Å². The molecule has 84 valence electrons. The summed E-state index contributed by atoms with van der Waals surface area (Å²) < 4.78 is 7.27. The van der Waals surface area contributed by atoms with Crippen molar-refractivity contribution in [3.05, 3.63) is 36.4 Å². The van der Waals surface area contributed by atoms with Gasteiger partial charge >= 0.3 is 0 Å². The summed E-state index contributed by atoms with van der Waals surface area (Å²) in [4.78, 5) is 0. The van der Waals surface area contributed by atoms with Gasteiger partial charge in [0.05, 0.1) is 18.2 Å². The molecular weight excluding hydrogens is 226 g/mol. The van der Waals surface area contributed by atoms with Crippen LogP contribution in [-0.2, 0) is 5.88 Å². The number of alkyl halides is 1. The van der Waals surface area contributed by atoms with Crippen LogP contribution in [0, 0.1) is 0 Å². The van der Waals surface area contributed by atoms with Gasteiger partial charge in [-0.1, -0.05) is 6.07 Å². The Bertz CT molecular complexity index is 470. The van der Waals surface area contributed by atoms with E-state index in [1.165, 1.54) is 0 Å². The van der Waals surface area contributed by atoms with Gasteiger partial charge in [0, 0.05) is 6.07 Å². The van der Waals surface area contributed by atoms with E-state index in [0.717, 1.165) is 17.3 Å². The molecule has 0 saturated carbocycles. The van der Waals surface area contributed by atoms with Crippen LogP contribution in [0.15, 0.2) is 30.6 Å². The van der Waals surface area contributed by atoms with Gasteiger partial charge in [0.25, 0.3) is 0 Å². The number of hydrogen-bond acceptors (Lipinski definition) is 3. The van der Waals surface area contributed by atoms with E-state index in [2.05, 4.69) is 10.2 Å². The first-order valence-electron chi connectivity index (χ1n) is 5.03. The fourth-order valence-electron chi connectivity index (χ4n) is 1.46. The molecule has 0 amide bonds. The second-order valence-electron chi connectivity index (χ2n) is 3.18.